The predicted molar refractivity (Wildman–Crippen MR) is 61.0 cm³/mol. The molecule has 2 rings (SSSR count). The van der Waals surface area contributed by atoms with Crippen LogP contribution in [0, 0.1) is 0 Å². The van der Waals surface area contributed by atoms with Crippen LogP contribution in [0.3, 0.4) is 0 Å². The summed E-state index contributed by atoms with van der Waals surface area (Å²) in [7, 11) is 0. The third-order valence-corrected chi connectivity index (χ3v) is 3.18. The van der Waals surface area contributed by atoms with E-state index in [0.717, 1.165) is 5.92 Å². The molecule has 1 aromatic rings. The second-order valence-electron chi connectivity index (χ2n) is 3.25. The van der Waals surface area contributed by atoms with Gasteiger partial charge in [0.25, 0.3) is 0 Å². The standard InChI is InChI=1S/C10H10ClI/c11-10(12)9-3-1-2-8(6-9)7-4-5-7/h1-3,6-7,10H,4-5H2. The lowest BCUT2D eigenvalue weighted by molar-refractivity contribution is 1.12. The summed E-state index contributed by atoms with van der Waals surface area (Å²) in [6.45, 7) is 0. The van der Waals surface area contributed by atoms with E-state index < -0.39 is 0 Å². The quantitative estimate of drug-likeness (QED) is 0.565. The molecule has 1 atom stereocenters. The Labute approximate surface area is 91.5 Å². The van der Waals surface area contributed by atoms with E-state index in [9.17, 15) is 0 Å². The molecule has 0 heterocycles. The molecule has 1 fully saturated rings. The van der Waals surface area contributed by atoms with Gasteiger partial charge in [0, 0.05) is 0 Å². The molecule has 1 unspecified atom stereocenters. The maximum atomic E-state index is 5.99. The molecule has 64 valence electrons. The predicted octanol–water partition coefficient (Wildman–Crippen LogP) is 4.24. The average Bonchev–Trinajstić information content (AvgIpc) is 2.87. The highest BCUT2D eigenvalue weighted by Gasteiger charge is 2.23. The molecule has 12 heavy (non-hydrogen) atoms. The number of benzene rings is 1. The van der Waals surface area contributed by atoms with Crippen LogP contribution in [0.1, 0.15) is 33.3 Å². The summed E-state index contributed by atoms with van der Waals surface area (Å²) < 4.78 is 0.112. The van der Waals surface area contributed by atoms with Crippen molar-refractivity contribution in [1.82, 2.24) is 0 Å². The van der Waals surface area contributed by atoms with Crippen LogP contribution in [0.4, 0.5) is 0 Å². The first-order valence-electron chi connectivity index (χ1n) is 4.15. The van der Waals surface area contributed by atoms with Crippen LogP contribution in [0.2, 0.25) is 0 Å². The molecular formula is C10H10ClI. The fraction of sp³-hybridized carbons (Fsp3) is 0.400. The first kappa shape index (κ1) is 8.82. The van der Waals surface area contributed by atoms with Gasteiger partial charge in [-0.15, -0.1) is 11.6 Å². The molecule has 0 N–H and O–H groups in total. The van der Waals surface area contributed by atoms with E-state index in [1.54, 1.807) is 0 Å². The van der Waals surface area contributed by atoms with Gasteiger partial charge < -0.3 is 0 Å². The van der Waals surface area contributed by atoms with Gasteiger partial charge in [-0.2, -0.15) is 0 Å². The Morgan fingerprint density at radius 2 is 2.17 bits per heavy atom. The summed E-state index contributed by atoms with van der Waals surface area (Å²) in [5.41, 5.74) is 2.71. The Bertz CT molecular complexity index is 262. The minimum atomic E-state index is 0.112. The zero-order chi connectivity index (χ0) is 8.55. The number of halogens is 2. The van der Waals surface area contributed by atoms with Gasteiger partial charge in [-0.3, -0.25) is 0 Å². The molecule has 0 aromatic heterocycles. The van der Waals surface area contributed by atoms with Crippen molar-refractivity contribution in [1.29, 1.82) is 0 Å². The van der Waals surface area contributed by atoms with Crippen LogP contribution in [0.15, 0.2) is 24.3 Å². The van der Waals surface area contributed by atoms with Crippen LogP contribution in [0.5, 0.6) is 0 Å². The van der Waals surface area contributed by atoms with Crippen LogP contribution < -0.4 is 0 Å². The number of hydrogen-bond acceptors (Lipinski definition) is 0. The van der Waals surface area contributed by atoms with Crippen LogP contribution in [0.25, 0.3) is 0 Å². The van der Waals surface area contributed by atoms with Crippen molar-refractivity contribution in [2.45, 2.75) is 22.1 Å². The van der Waals surface area contributed by atoms with Gasteiger partial charge in [0.1, 0.15) is 3.38 Å². The van der Waals surface area contributed by atoms with Crippen LogP contribution >= 0.6 is 34.2 Å². The third-order valence-electron chi connectivity index (χ3n) is 2.21. The topological polar surface area (TPSA) is 0 Å². The van der Waals surface area contributed by atoms with Gasteiger partial charge in [0.05, 0.1) is 0 Å². The van der Waals surface area contributed by atoms with E-state index in [1.165, 1.54) is 24.0 Å². The zero-order valence-electron chi connectivity index (χ0n) is 6.63. The fourth-order valence-electron chi connectivity index (χ4n) is 1.37. The minimum Gasteiger partial charge on any atom is -0.106 e. The van der Waals surface area contributed by atoms with Gasteiger partial charge in [-0.1, -0.05) is 46.9 Å². The van der Waals surface area contributed by atoms with Crippen molar-refractivity contribution >= 4 is 34.2 Å². The maximum absolute atomic E-state index is 5.99. The molecular weight excluding hydrogens is 282 g/mol. The van der Waals surface area contributed by atoms with Crippen molar-refractivity contribution in [3.8, 4) is 0 Å². The Morgan fingerprint density at radius 1 is 1.42 bits per heavy atom. The van der Waals surface area contributed by atoms with Gasteiger partial charge in [0.2, 0.25) is 0 Å². The molecule has 0 saturated heterocycles. The van der Waals surface area contributed by atoms with Crippen molar-refractivity contribution in [2.75, 3.05) is 0 Å². The van der Waals surface area contributed by atoms with Gasteiger partial charge >= 0.3 is 0 Å². The first-order valence-corrected chi connectivity index (χ1v) is 5.83. The average molecular weight is 293 g/mol. The smallest absolute Gasteiger partial charge is 0.106 e. The summed E-state index contributed by atoms with van der Waals surface area (Å²) in [4.78, 5) is 0. The fourth-order valence-corrected chi connectivity index (χ4v) is 1.89. The lowest BCUT2D eigenvalue weighted by Crippen LogP contribution is -1.84. The van der Waals surface area contributed by atoms with E-state index in [0.29, 0.717) is 0 Å². The highest BCUT2D eigenvalue weighted by molar-refractivity contribution is 14.1. The van der Waals surface area contributed by atoms with Gasteiger partial charge in [0.15, 0.2) is 0 Å². The Kier molecular flexibility index (Phi) is 2.60. The molecule has 0 bridgehead atoms. The molecule has 2 heteroatoms. The monoisotopic (exact) mass is 292 g/mol. The second-order valence-corrected chi connectivity index (χ2v) is 5.66. The van der Waals surface area contributed by atoms with E-state index in [-0.39, 0.29) is 3.38 Å². The highest BCUT2D eigenvalue weighted by atomic mass is 127. The van der Waals surface area contributed by atoms with Gasteiger partial charge in [-0.25, -0.2) is 0 Å². The van der Waals surface area contributed by atoms with Gasteiger partial charge in [-0.05, 0) is 29.9 Å². The minimum absolute atomic E-state index is 0.112. The molecule has 0 spiro atoms. The summed E-state index contributed by atoms with van der Waals surface area (Å²) in [5.74, 6) is 0.830. The molecule has 0 nitrogen and oxygen atoms in total. The summed E-state index contributed by atoms with van der Waals surface area (Å²) in [6.07, 6.45) is 2.72. The lowest BCUT2D eigenvalue weighted by Gasteiger charge is -2.04. The number of rotatable bonds is 2. The largest absolute Gasteiger partial charge is 0.110 e. The van der Waals surface area contributed by atoms with Crippen molar-refractivity contribution in [3.63, 3.8) is 0 Å². The SMILES string of the molecule is ClC(I)c1cccc(C2CC2)c1. The third kappa shape index (κ3) is 1.94. The van der Waals surface area contributed by atoms with Crippen LogP contribution in [-0.4, -0.2) is 0 Å². The van der Waals surface area contributed by atoms with Crippen molar-refractivity contribution < 1.29 is 0 Å². The first-order chi connectivity index (χ1) is 5.77. The number of hydrogen-bond donors (Lipinski definition) is 0. The summed E-state index contributed by atoms with van der Waals surface area (Å²) in [6, 6.07) is 8.64. The molecule has 1 aliphatic carbocycles. The van der Waals surface area contributed by atoms with Crippen molar-refractivity contribution in [2.24, 2.45) is 0 Å². The van der Waals surface area contributed by atoms with Crippen LogP contribution in [-0.2, 0) is 0 Å². The Morgan fingerprint density at radius 3 is 2.75 bits per heavy atom. The highest BCUT2D eigenvalue weighted by Crippen LogP contribution is 2.41. The molecule has 1 aliphatic rings. The van der Waals surface area contributed by atoms with E-state index in [4.69, 9.17) is 11.6 Å². The molecule has 0 radical (unpaired) electrons. The Hall–Kier alpha value is 0.240. The molecule has 0 amide bonds. The Balaban J connectivity index is 2.26. The van der Waals surface area contributed by atoms with Crippen molar-refractivity contribution in [3.05, 3.63) is 35.4 Å². The normalized spacial score (nSPS) is 19.2. The second kappa shape index (κ2) is 3.54. The molecule has 0 aliphatic heterocycles. The number of alkyl halides is 2. The molecule has 1 aromatic carbocycles. The lowest BCUT2D eigenvalue weighted by atomic mass is 10.1. The maximum Gasteiger partial charge on any atom is 0.110 e. The summed E-state index contributed by atoms with van der Waals surface area (Å²) in [5, 5.41) is 0. The van der Waals surface area contributed by atoms with E-state index in [1.807, 2.05) is 0 Å². The van der Waals surface area contributed by atoms with E-state index >= 15 is 0 Å². The van der Waals surface area contributed by atoms with E-state index in [2.05, 4.69) is 46.9 Å². The molecule has 1 saturated carbocycles. The zero-order valence-corrected chi connectivity index (χ0v) is 9.55. The summed E-state index contributed by atoms with van der Waals surface area (Å²) >= 11 is 8.22.